The number of carbonyl (C=O) groups is 4. The Balaban J connectivity index is 5.23. The van der Waals surface area contributed by atoms with Gasteiger partial charge in [-0.3, -0.25) is 19.2 Å². The lowest BCUT2D eigenvalue weighted by Gasteiger charge is -2.34. The SMILES string of the molecule is COCCC(=O)NC(COCCC(=O)NCCN)(COCCC(=O)NCCN)COCCC(=O)NCCN. The van der Waals surface area contributed by atoms with E-state index in [4.69, 9.17) is 36.1 Å². The Morgan fingerprint density at radius 2 is 0.921 bits per heavy atom. The van der Waals surface area contributed by atoms with Crippen LogP contribution >= 0.6 is 0 Å². The third kappa shape index (κ3) is 19.7. The lowest BCUT2D eigenvalue weighted by atomic mass is 10.0. The number of amides is 4. The Labute approximate surface area is 224 Å². The largest absolute Gasteiger partial charge is 0.384 e. The zero-order chi connectivity index (χ0) is 28.5. The molecule has 0 aromatic carbocycles. The zero-order valence-electron chi connectivity index (χ0n) is 22.5. The first kappa shape index (κ1) is 35.6. The number of hydrogen-bond acceptors (Lipinski definition) is 11. The van der Waals surface area contributed by atoms with Crippen LogP contribution in [0.5, 0.6) is 0 Å². The van der Waals surface area contributed by atoms with E-state index in [-0.39, 0.29) is 95.6 Å². The van der Waals surface area contributed by atoms with Gasteiger partial charge in [0, 0.05) is 72.1 Å². The van der Waals surface area contributed by atoms with Crippen LogP contribution < -0.4 is 38.5 Å². The predicted molar refractivity (Wildman–Crippen MR) is 140 cm³/mol. The molecule has 0 aromatic heterocycles. The summed E-state index contributed by atoms with van der Waals surface area (Å²) in [6, 6.07) is 0. The van der Waals surface area contributed by atoms with Crippen molar-refractivity contribution in [2.75, 3.05) is 92.6 Å². The van der Waals surface area contributed by atoms with E-state index in [9.17, 15) is 19.2 Å². The molecule has 38 heavy (non-hydrogen) atoms. The Bertz CT molecular complexity index is 600. The van der Waals surface area contributed by atoms with Crippen molar-refractivity contribution >= 4 is 23.6 Å². The highest BCUT2D eigenvalue weighted by atomic mass is 16.5. The summed E-state index contributed by atoms with van der Waals surface area (Å²) in [4.78, 5) is 48.2. The first-order chi connectivity index (χ1) is 18.3. The third-order valence-electron chi connectivity index (χ3n) is 4.89. The molecule has 15 nitrogen and oxygen atoms in total. The van der Waals surface area contributed by atoms with Crippen LogP contribution in [0.3, 0.4) is 0 Å². The van der Waals surface area contributed by atoms with Gasteiger partial charge in [0.05, 0.1) is 46.2 Å². The topological polar surface area (TPSA) is 231 Å². The van der Waals surface area contributed by atoms with Crippen LogP contribution in [0.4, 0.5) is 0 Å². The van der Waals surface area contributed by atoms with E-state index in [2.05, 4.69) is 21.3 Å². The number of ether oxygens (including phenoxy) is 4. The van der Waals surface area contributed by atoms with Gasteiger partial charge in [0.15, 0.2) is 0 Å². The van der Waals surface area contributed by atoms with Crippen LogP contribution in [0.25, 0.3) is 0 Å². The maximum atomic E-state index is 12.6. The summed E-state index contributed by atoms with van der Waals surface area (Å²) in [6.45, 7) is 2.35. The molecule has 15 heteroatoms. The molecule has 0 radical (unpaired) electrons. The molecule has 0 rings (SSSR count). The molecular formula is C23H47N7O8. The Hall–Kier alpha value is -2.40. The molecule has 10 N–H and O–H groups in total. The van der Waals surface area contributed by atoms with Crippen molar-refractivity contribution in [3.05, 3.63) is 0 Å². The second-order valence-electron chi connectivity index (χ2n) is 8.39. The van der Waals surface area contributed by atoms with Gasteiger partial charge in [-0.1, -0.05) is 0 Å². The zero-order valence-corrected chi connectivity index (χ0v) is 22.5. The van der Waals surface area contributed by atoms with Crippen molar-refractivity contribution in [2.24, 2.45) is 17.2 Å². The van der Waals surface area contributed by atoms with Crippen molar-refractivity contribution in [1.82, 2.24) is 21.3 Å². The van der Waals surface area contributed by atoms with Crippen molar-refractivity contribution in [3.63, 3.8) is 0 Å². The smallest absolute Gasteiger partial charge is 0.222 e. The molecule has 0 saturated heterocycles. The van der Waals surface area contributed by atoms with Gasteiger partial charge in [0.2, 0.25) is 23.6 Å². The fourth-order valence-corrected chi connectivity index (χ4v) is 2.98. The number of nitrogens with two attached hydrogens (primary N) is 3. The highest BCUT2D eigenvalue weighted by Crippen LogP contribution is 2.11. The van der Waals surface area contributed by atoms with Gasteiger partial charge >= 0.3 is 0 Å². The molecule has 0 aromatic rings. The van der Waals surface area contributed by atoms with Crippen LogP contribution in [0, 0.1) is 0 Å². The van der Waals surface area contributed by atoms with Gasteiger partial charge in [-0.2, -0.15) is 0 Å². The molecule has 0 atom stereocenters. The molecule has 0 spiro atoms. The van der Waals surface area contributed by atoms with Crippen molar-refractivity contribution in [1.29, 1.82) is 0 Å². The molecular weight excluding hydrogens is 502 g/mol. The molecule has 0 aliphatic heterocycles. The number of methoxy groups -OCH3 is 1. The van der Waals surface area contributed by atoms with Crippen molar-refractivity contribution in [2.45, 2.75) is 31.2 Å². The van der Waals surface area contributed by atoms with Gasteiger partial charge in [0.1, 0.15) is 5.54 Å². The summed E-state index contributed by atoms with van der Waals surface area (Å²) >= 11 is 0. The number of hydrogen-bond donors (Lipinski definition) is 7. The van der Waals surface area contributed by atoms with Crippen LogP contribution in [-0.2, 0) is 38.1 Å². The number of carbonyl (C=O) groups excluding carboxylic acids is 4. The molecule has 222 valence electrons. The fourth-order valence-electron chi connectivity index (χ4n) is 2.98. The molecule has 4 amide bonds. The van der Waals surface area contributed by atoms with E-state index >= 15 is 0 Å². The van der Waals surface area contributed by atoms with E-state index in [1.807, 2.05) is 0 Å². The maximum absolute atomic E-state index is 12.6. The van der Waals surface area contributed by atoms with E-state index in [1.54, 1.807) is 0 Å². The summed E-state index contributed by atoms with van der Waals surface area (Å²) in [5.74, 6) is -0.983. The molecule has 0 unspecified atom stereocenters. The van der Waals surface area contributed by atoms with Crippen LogP contribution in [0.2, 0.25) is 0 Å². The van der Waals surface area contributed by atoms with Gasteiger partial charge in [-0.05, 0) is 0 Å². The molecule has 0 aliphatic rings. The second-order valence-corrected chi connectivity index (χ2v) is 8.39. The van der Waals surface area contributed by atoms with Crippen LogP contribution in [0.1, 0.15) is 25.7 Å². The fraction of sp³-hybridized carbons (Fsp3) is 0.826. The third-order valence-corrected chi connectivity index (χ3v) is 4.89. The first-order valence-electron chi connectivity index (χ1n) is 12.8. The minimum absolute atomic E-state index is 0.0470. The lowest BCUT2D eigenvalue weighted by Crippen LogP contribution is -2.59. The van der Waals surface area contributed by atoms with Crippen LogP contribution in [-0.4, -0.2) is 122 Å². The maximum Gasteiger partial charge on any atom is 0.222 e. The van der Waals surface area contributed by atoms with E-state index in [1.165, 1.54) is 7.11 Å². The lowest BCUT2D eigenvalue weighted by molar-refractivity contribution is -0.131. The normalized spacial score (nSPS) is 11.2. The van der Waals surface area contributed by atoms with E-state index in [0.29, 0.717) is 39.3 Å². The van der Waals surface area contributed by atoms with E-state index in [0.717, 1.165) is 0 Å². The Morgan fingerprint density at radius 1 is 0.579 bits per heavy atom. The van der Waals surface area contributed by atoms with Crippen LogP contribution in [0.15, 0.2) is 0 Å². The minimum Gasteiger partial charge on any atom is -0.384 e. The number of rotatable bonds is 25. The van der Waals surface area contributed by atoms with Gasteiger partial charge in [-0.15, -0.1) is 0 Å². The standard InChI is InChI=1S/C23H47N7O8/c1-35-12-2-22(34)30-23(16-36-13-3-19(31)27-9-6-24,17-37-14-4-20(32)28-10-7-25)18-38-15-5-21(33)29-11-8-26/h2-18,24-26H2,1H3,(H,27,31)(H,28,32)(H,29,33)(H,30,34). The average Bonchev–Trinajstić information content (AvgIpc) is 2.91. The average molecular weight is 550 g/mol. The summed E-state index contributed by atoms with van der Waals surface area (Å²) in [5.41, 5.74) is 15.0. The molecule has 0 aliphatic carbocycles. The molecule has 0 bridgehead atoms. The van der Waals surface area contributed by atoms with Crippen molar-refractivity contribution < 1.29 is 38.1 Å². The minimum atomic E-state index is -1.15. The van der Waals surface area contributed by atoms with Gasteiger partial charge in [-0.25, -0.2) is 0 Å². The summed E-state index contributed by atoms with van der Waals surface area (Å²) in [7, 11) is 1.48. The molecule has 0 fully saturated rings. The quantitative estimate of drug-likeness (QED) is 0.0548. The Kier molecular flexibility index (Phi) is 22.2. The van der Waals surface area contributed by atoms with Gasteiger partial charge in [0.25, 0.3) is 0 Å². The monoisotopic (exact) mass is 549 g/mol. The summed E-state index contributed by atoms with van der Waals surface area (Å²) in [5, 5.41) is 10.8. The summed E-state index contributed by atoms with van der Waals surface area (Å²) < 4.78 is 22.2. The second kappa shape index (κ2) is 23.7. The number of nitrogens with one attached hydrogen (secondary N) is 4. The Morgan fingerprint density at radius 3 is 1.24 bits per heavy atom. The highest BCUT2D eigenvalue weighted by Gasteiger charge is 2.34. The highest BCUT2D eigenvalue weighted by molar-refractivity contribution is 5.77. The summed E-state index contributed by atoms with van der Waals surface area (Å²) in [6.07, 6.45) is 0.372. The van der Waals surface area contributed by atoms with Gasteiger partial charge < -0.3 is 57.4 Å². The van der Waals surface area contributed by atoms with E-state index < -0.39 is 5.54 Å². The molecule has 0 saturated carbocycles. The first-order valence-corrected chi connectivity index (χ1v) is 12.8. The molecule has 0 heterocycles. The van der Waals surface area contributed by atoms with Crippen molar-refractivity contribution in [3.8, 4) is 0 Å². The predicted octanol–water partition coefficient (Wildman–Crippen LogP) is -3.68.